The van der Waals surface area contributed by atoms with Crippen LogP contribution in [0.4, 0.5) is 0 Å². The minimum atomic E-state index is 0. The van der Waals surface area contributed by atoms with Gasteiger partial charge in [-0.15, -0.1) is 0 Å². The predicted molar refractivity (Wildman–Crippen MR) is 31.2 cm³/mol. The van der Waals surface area contributed by atoms with E-state index in [2.05, 4.69) is 19.1 Å². The maximum Gasteiger partial charge on any atom is 2.00 e. The minimum Gasteiger partial charge on any atom is -0.0622 e. The molecule has 0 spiro atoms. The van der Waals surface area contributed by atoms with E-state index in [1.165, 1.54) is 5.56 Å². The molecule has 0 aliphatic rings. The topological polar surface area (TPSA) is 0 Å². The van der Waals surface area contributed by atoms with Crippen LogP contribution in [0.3, 0.4) is 0 Å². The third-order valence-electron chi connectivity index (χ3n) is 0.940. The molecular formula is C7H8Ru+2. The molecule has 0 amide bonds. The Morgan fingerprint density at radius 2 is 1.50 bits per heavy atom. The van der Waals surface area contributed by atoms with Gasteiger partial charge in [0.2, 0.25) is 0 Å². The maximum atomic E-state index is 2.08. The second kappa shape index (κ2) is 3.80. The zero-order valence-electron chi connectivity index (χ0n) is 4.74. The first-order valence-corrected chi connectivity index (χ1v) is 2.41. The van der Waals surface area contributed by atoms with Crippen molar-refractivity contribution in [1.29, 1.82) is 0 Å². The summed E-state index contributed by atoms with van der Waals surface area (Å²) in [6, 6.07) is 10.3. The molecule has 0 bridgehead atoms. The summed E-state index contributed by atoms with van der Waals surface area (Å²) in [5.41, 5.74) is 1.32. The summed E-state index contributed by atoms with van der Waals surface area (Å²) in [6.45, 7) is 2.08. The van der Waals surface area contributed by atoms with Gasteiger partial charge in [0.1, 0.15) is 0 Å². The first-order chi connectivity index (χ1) is 3.39. The van der Waals surface area contributed by atoms with Crippen LogP contribution in [0.1, 0.15) is 5.56 Å². The van der Waals surface area contributed by atoms with Crippen molar-refractivity contribution in [2.24, 2.45) is 0 Å². The Morgan fingerprint density at radius 1 is 1.00 bits per heavy atom. The van der Waals surface area contributed by atoms with E-state index in [4.69, 9.17) is 0 Å². The van der Waals surface area contributed by atoms with Gasteiger partial charge < -0.3 is 0 Å². The second-order valence-corrected chi connectivity index (χ2v) is 1.65. The van der Waals surface area contributed by atoms with Crippen LogP contribution >= 0.6 is 0 Å². The Morgan fingerprint density at radius 3 is 1.75 bits per heavy atom. The molecule has 1 rings (SSSR count). The van der Waals surface area contributed by atoms with Crippen LogP contribution in [-0.4, -0.2) is 0 Å². The molecule has 0 atom stereocenters. The van der Waals surface area contributed by atoms with Crippen LogP contribution in [0, 0.1) is 6.92 Å². The molecule has 0 fully saturated rings. The second-order valence-electron chi connectivity index (χ2n) is 1.65. The SMILES string of the molecule is Cc1ccccc1.[Ru+2]. The Balaban J connectivity index is 0.000000490. The molecule has 42 valence electrons. The summed E-state index contributed by atoms with van der Waals surface area (Å²) >= 11 is 0. The Hall–Kier alpha value is -0.157. The van der Waals surface area contributed by atoms with E-state index in [1.807, 2.05) is 18.2 Å². The van der Waals surface area contributed by atoms with Crippen molar-refractivity contribution in [3.63, 3.8) is 0 Å². The summed E-state index contributed by atoms with van der Waals surface area (Å²) in [6.07, 6.45) is 0. The summed E-state index contributed by atoms with van der Waals surface area (Å²) in [5, 5.41) is 0. The molecule has 0 saturated heterocycles. The van der Waals surface area contributed by atoms with Crippen molar-refractivity contribution < 1.29 is 19.5 Å². The van der Waals surface area contributed by atoms with Crippen molar-refractivity contribution >= 4 is 0 Å². The summed E-state index contributed by atoms with van der Waals surface area (Å²) in [7, 11) is 0. The molecule has 0 aliphatic heterocycles. The molecule has 1 heteroatoms. The van der Waals surface area contributed by atoms with E-state index in [0.717, 1.165) is 0 Å². The van der Waals surface area contributed by atoms with E-state index >= 15 is 0 Å². The summed E-state index contributed by atoms with van der Waals surface area (Å²) < 4.78 is 0. The van der Waals surface area contributed by atoms with Gasteiger partial charge in [-0.25, -0.2) is 0 Å². The molecular weight excluding hydrogens is 185 g/mol. The van der Waals surface area contributed by atoms with E-state index < -0.39 is 0 Å². The van der Waals surface area contributed by atoms with E-state index in [9.17, 15) is 0 Å². The zero-order chi connectivity index (χ0) is 5.11. The van der Waals surface area contributed by atoms with Crippen LogP contribution in [0.25, 0.3) is 0 Å². The van der Waals surface area contributed by atoms with Crippen LogP contribution in [0.2, 0.25) is 0 Å². The van der Waals surface area contributed by atoms with Gasteiger partial charge in [0.05, 0.1) is 0 Å². The molecule has 0 aliphatic carbocycles. The van der Waals surface area contributed by atoms with Crippen molar-refractivity contribution in [3.8, 4) is 0 Å². The van der Waals surface area contributed by atoms with Gasteiger partial charge in [-0.1, -0.05) is 35.9 Å². The number of benzene rings is 1. The third kappa shape index (κ3) is 2.23. The number of aryl methyl sites for hydroxylation is 1. The molecule has 0 aromatic heterocycles. The first-order valence-electron chi connectivity index (χ1n) is 2.41. The quantitative estimate of drug-likeness (QED) is 0.553. The number of hydrogen-bond acceptors (Lipinski definition) is 0. The molecule has 0 heterocycles. The fourth-order valence-corrected chi connectivity index (χ4v) is 0.534. The van der Waals surface area contributed by atoms with Crippen molar-refractivity contribution in [3.05, 3.63) is 35.9 Å². The molecule has 0 N–H and O–H groups in total. The van der Waals surface area contributed by atoms with Crippen LogP contribution in [0.15, 0.2) is 30.3 Å². The van der Waals surface area contributed by atoms with Crippen molar-refractivity contribution in [1.82, 2.24) is 0 Å². The van der Waals surface area contributed by atoms with Gasteiger partial charge in [-0.2, -0.15) is 0 Å². The average molecular weight is 193 g/mol. The van der Waals surface area contributed by atoms with Gasteiger partial charge in [0.15, 0.2) is 0 Å². The summed E-state index contributed by atoms with van der Waals surface area (Å²) in [4.78, 5) is 0. The largest absolute Gasteiger partial charge is 2.00 e. The zero-order valence-corrected chi connectivity index (χ0v) is 6.48. The van der Waals surface area contributed by atoms with Gasteiger partial charge in [0.25, 0.3) is 0 Å². The van der Waals surface area contributed by atoms with E-state index in [1.54, 1.807) is 0 Å². The monoisotopic (exact) mass is 194 g/mol. The molecule has 8 heavy (non-hydrogen) atoms. The number of hydrogen-bond donors (Lipinski definition) is 0. The Bertz CT molecular complexity index is 134. The Labute approximate surface area is 62.7 Å². The fourth-order valence-electron chi connectivity index (χ4n) is 0.534. The fraction of sp³-hybridized carbons (Fsp3) is 0.143. The average Bonchev–Trinajstić information content (AvgIpc) is 1.69. The first kappa shape index (κ1) is 7.84. The van der Waals surface area contributed by atoms with E-state index in [0.29, 0.717) is 0 Å². The molecule has 1 aromatic rings. The van der Waals surface area contributed by atoms with Crippen LogP contribution in [-0.2, 0) is 19.5 Å². The van der Waals surface area contributed by atoms with Gasteiger partial charge in [0, 0.05) is 0 Å². The third-order valence-corrected chi connectivity index (χ3v) is 0.940. The van der Waals surface area contributed by atoms with Crippen molar-refractivity contribution in [2.75, 3.05) is 0 Å². The molecule has 0 saturated carbocycles. The smallest absolute Gasteiger partial charge is 0.0622 e. The molecule has 0 radical (unpaired) electrons. The van der Waals surface area contributed by atoms with Crippen LogP contribution < -0.4 is 0 Å². The standard InChI is InChI=1S/C7H8.Ru/c1-7-5-3-2-4-6-7;/h2-6H,1H3;/q;+2. The van der Waals surface area contributed by atoms with E-state index in [-0.39, 0.29) is 19.5 Å². The molecule has 1 aromatic carbocycles. The predicted octanol–water partition coefficient (Wildman–Crippen LogP) is 1.99. The van der Waals surface area contributed by atoms with Gasteiger partial charge >= 0.3 is 19.5 Å². The summed E-state index contributed by atoms with van der Waals surface area (Å²) in [5.74, 6) is 0. The van der Waals surface area contributed by atoms with Crippen molar-refractivity contribution in [2.45, 2.75) is 6.92 Å². The van der Waals surface area contributed by atoms with Gasteiger partial charge in [-0.05, 0) is 6.92 Å². The maximum absolute atomic E-state index is 2.08. The minimum absolute atomic E-state index is 0. The molecule has 0 nitrogen and oxygen atoms in total. The van der Waals surface area contributed by atoms with Gasteiger partial charge in [-0.3, -0.25) is 0 Å². The van der Waals surface area contributed by atoms with Crippen LogP contribution in [0.5, 0.6) is 0 Å². The molecule has 0 unspecified atom stereocenters. The normalized spacial score (nSPS) is 7.62. The Kier molecular flexibility index (Phi) is 3.72. The number of rotatable bonds is 0.